The number of carbonyl (C=O) groups is 1. The Balaban J connectivity index is 1.48. The molecule has 1 saturated heterocycles. The number of nitrogens with zero attached hydrogens (tertiary/aromatic N) is 3. The predicted octanol–water partition coefficient (Wildman–Crippen LogP) is 3.50. The summed E-state index contributed by atoms with van der Waals surface area (Å²) in [5.41, 5.74) is 1.08. The SMILES string of the molecule is CSc1ccccc1-c1nnc(NC(=O)c2ccc(S(=O)(=O)N3CCCC3)cc2)o1. The monoisotopic (exact) mass is 444 g/mol. The van der Waals surface area contributed by atoms with Crippen LogP contribution in [0.2, 0.25) is 0 Å². The third kappa shape index (κ3) is 4.11. The first-order chi connectivity index (χ1) is 14.5. The van der Waals surface area contributed by atoms with Crippen molar-refractivity contribution in [3.63, 3.8) is 0 Å². The van der Waals surface area contributed by atoms with Crippen LogP contribution in [0.3, 0.4) is 0 Å². The molecule has 0 aliphatic carbocycles. The van der Waals surface area contributed by atoms with Gasteiger partial charge in [-0.15, -0.1) is 16.9 Å². The number of hydrogen-bond acceptors (Lipinski definition) is 7. The van der Waals surface area contributed by atoms with Crippen LogP contribution in [0.5, 0.6) is 0 Å². The summed E-state index contributed by atoms with van der Waals surface area (Å²) >= 11 is 1.55. The Kier molecular flexibility index (Phi) is 5.89. The molecule has 2 aromatic carbocycles. The molecule has 1 fully saturated rings. The van der Waals surface area contributed by atoms with Gasteiger partial charge in [-0.1, -0.05) is 17.2 Å². The summed E-state index contributed by atoms with van der Waals surface area (Å²) in [6.07, 6.45) is 3.69. The minimum atomic E-state index is -3.52. The van der Waals surface area contributed by atoms with Gasteiger partial charge in [0.05, 0.1) is 10.5 Å². The van der Waals surface area contributed by atoms with Gasteiger partial charge in [-0.2, -0.15) is 4.31 Å². The van der Waals surface area contributed by atoms with Gasteiger partial charge in [0.25, 0.3) is 11.8 Å². The van der Waals surface area contributed by atoms with Crippen LogP contribution in [0, 0.1) is 0 Å². The van der Waals surface area contributed by atoms with Gasteiger partial charge in [-0.3, -0.25) is 10.1 Å². The lowest BCUT2D eigenvalue weighted by Gasteiger charge is -2.15. The summed E-state index contributed by atoms with van der Waals surface area (Å²) in [4.78, 5) is 13.7. The van der Waals surface area contributed by atoms with Crippen molar-refractivity contribution < 1.29 is 17.6 Å². The number of amides is 1. The molecule has 30 heavy (non-hydrogen) atoms. The normalized spacial score (nSPS) is 14.7. The van der Waals surface area contributed by atoms with E-state index in [9.17, 15) is 13.2 Å². The number of hydrogen-bond donors (Lipinski definition) is 1. The van der Waals surface area contributed by atoms with Crippen LogP contribution in [-0.2, 0) is 10.0 Å². The molecular formula is C20H20N4O4S2. The third-order valence-corrected chi connectivity index (χ3v) is 7.51. The van der Waals surface area contributed by atoms with Crippen molar-refractivity contribution in [1.82, 2.24) is 14.5 Å². The molecule has 0 bridgehead atoms. The van der Waals surface area contributed by atoms with E-state index in [1.807, 2.05) is 30.5 Å². The topological polar surface area (TPSA) is 105 Å². The summed E-state index contributed by atoms with van der Waals surface area (Å²) in [5, 5.41) is 10.4. The zero-order valence-electron chi connectivity index (χ0n) is 16.2. The van der Waals surface area contributed by atoms with E-state index in [0.29, 0.717) is 24.5 Å². The van der Waals surface area contributed by atoms with Crippen molar-refractivity contribution >= 4 is 33.7 Å². The zero-order chi connectivity index (χ0) is 21.1. The van der Waals surface area contributed by atoms with Crippen LogP contribution < -0.4 is 5.32 Å². The second kappa shape index (κ2) is 8.58. The Bertz CT molecular complexity index is 1150. The predicted molar refractivity (Wildman–Crippen MR) is 114 cm³/mol. The molecule has 2 heterocycles. The number of benzene rings is 2. The van der Waals surface area contributed by atoms with E-state index in [4.69, 9.17) is 4.42 Å². The molecular weight excluding hydrogens is 424 g/mol. The molecule has 3 aromatic rings. The molecule has 1 aromatic heterocycles. The van der Waals surface area contributed by atoms with Crippen molar-refractivity contribution in [2.24, 2.45) is 0 Å². The van der Waals surface area contributed by atoms with Crippen LogP contribution in [0.1, 0.15) is 23.2 Å². The number of rotatable bonds is 6. The number of carbonyl (C=O) groups excluding carboxylic acids is 1. The molecule has 0 radical (unpaired) electrons. The Morgan fingerprint density at radius 1 is 1.07 bits per heavy atom. The van der Waals surface area contributed by atoms with Crippen molar-refractivity contribution in [1.29, 1.82) is 0 Å². The van der Waals surface area contributed by atoms with Gasteiger partial charge < -0.3 is 4.42 Å². The van der Waals surface area contributed by atoms with Crippen LogP contribution >= 0.6 is 11.8 Å². The first-order valence-corrected chi connectivity index (χ1v) is 12.0. The lowest BCUT2D eigenvalue weighted by atomic mass is 10.2. The minimum absolute atomic E-state index is 0.0281. The summed E-state index contributed by atoms with van der Waals surface area (Å²) in [6.45, 7) is 1.06. The van der Waals surface area contributed by atoms with Gasteiger partial charge in [0.2, 0.25) is 10.0 Å². The molecule has 0 unspecified atom stereocenters. The number of sulfonamides is 1. The maximum absolute atomic E-state index is 12.6. The maximum Gasteiger partial charge on any atom is 0.322 e. The molecule has 0 spiro atoms. The molecule has 0 atom stereocenters. The molecule has 156 valence electrons. The van der Waals surface area contributed by atoms with Crippen LogP contribution in [0.25, 0.3) is 11.5 Å². The fourth-order valence-corrected chi connectivity index (χ4v) is 5.34. The van der Waals surface area contributed by atoms with Gasteiger partial charge >= 0.3 is 6.01 Å². The van der Waals surface area contributed by atoms with E-state index >= 15 is 0 Å². The molecule has 4 rings (SSSR count). The minimum Gasteiger partial charge on any atom is -0.403 e. The van der Waals surface area contributed by atoms with E-state index in [2.05, 4.69) is 15.5 Å². The van der Waals surface area contributed by atoms with Crippen molar-refractivity contribution in [2.75, 3.05) is 24.7 Å². The van der Waals surface area contributed by atoms with Gasteiger partial charge in [0.15, 0.2) is 0 Å². The number of thioether (sulfide) groups is 1. The van der Waals surface area contributed by atoms with Crippen LogP contribution in [0.15, 0.2) is 62.7 Å². The molecule has 1 N–H and O–H groups in total. The highest BCUT2D eigenvalue weighted by atomic mass is 32.2. The largest absolute Gasteiger partial charge is 0.403 e. The number of aromatic nitrogens is 2. The van der Waals surface area contributed by atoms with E-state index in [1.54, 1.807) is 11.8 Å². The van der Waals surface area contributed by atoms with Gasteiger partial charge in [-0.25, -0.2) is 8.42 Å². The van der Waals surface area contributed by atoms with E-state index in [0.717, 1.165) is 23.3 Å². The van der Waals surface area contributed by atoms with E-state index in [1.165, 1.54) is 28.6 Å². The average molecular weight is 445 g/mol. The second-order valence-electron chi connectivity index (χ2n) is 6.70. The van der Waals surface area contributed by atoms with Crippen molar-refractivity contribution in [3.8, 4) is 11.5 Å². The number of anilines is 1. The van der Waals surface area contributed by atoms with Gasteiger partial charge in [-0.05, 0) is 55.5 Å². The quantitative estimate of drug-likeness (QED) is 0.580. The molecule has 0 saturated carbocycles. The third-order valence-electron chi connectivity index (χ3n) is 4.80. The van der Waals surface area contributed by atoms with Crippen molar-refractivity contribution in [2.45, 2.75) is 22.6 Å². The standard InChI is InChI=1S/C20H20N4O4S2/c1-29-17-7-3-2-6-16(17)19-22-23-20(28-19)21-18(25)14-8-10-15(11-9-14)30(26,27)24-12-4-5-13-24/h2-3,6-11H,4-5,12-13H2,1H3,(H,21,23,25). The van der Waals surface area contributed by atoms with Gasteiger partial charge in [0, 0.05) is 23.5 Å². The zero-order valence-corrected chi connectivity index (χ0v) is 17.9. The Morgan fingerprint density at radius 3 is 2.47 bits per heavy atom. The Hall–Kier alpha value is -2.69. The molecule has 8 nitrogen and oxygen atoms in total. The summed E-state index contributed by atoms with van der Waals surface area (Å²) in [5.74, 6) is -0.157. The second-order valence-corrected chi connectivity index (χ2v) is 9.49. The lowest BCUT2D eigenvalue weighted by molar-refractivity contribution is 0.102. The fraction of sp³-hybridized carbons (Fsp3) is 0.250. The van der Waals surface area contributed by atoms with Crippen LogP contribution in [0.4, 0.5) is 6.01 Å². The maximum atomic E-state index is 12.6. The first-order valence-electron chi connectivity index (χ1n) is 9.37. The van der Waals surface area contributed by atoms with E-state index < -0.39 is 15.9 Å². The average Bonchev–Trinajstić information content (AvgIpc) is 3.46. The highest BCUT2D eigenvalue weighted by Crippen LogP contribution is 2.29. The van der Waals surface area contributed by atoms with E-state index in [-0.39, 0.29) is 10.9 Å². The molecule has 1 amide bonds. The smallest absolute Gasteiger partial charge is 0.322 e. The summed E-state index contributed by atoms with van der Waals surface area (Å²) in [7, 11) is -3.52. The molecule has 10 heteroatoms. The molecule has 1 aliphatic rings. The molecule has 1 aliphatic heterocycles. The Morgan fingerprint density at radius 2 is 1.77 bits per heavy atom. The first kappa shape index (κ1) is 20.6. The Labute approximate surface area is 178 Å². The van der Waals surface area contributed by atoms with Crippen molar-refractivity contribution in [3.05, 3.63) is 54.1 Å². The number of nitrogens with one attached hydrogen (secondary N) is 1. The van der Waals surface area contributed by atoms with Gasteiger partial charge in [0.1, 0.15) is 0 Å². The fourth-order valence-electron chi connectivity index (χ4n) is 3.23. The summed E-state index contributed by atoms with van der Waals surface area (Å²) in [6, 6.07) is 13.4. The van der Waals surface area contributed by atoms with Crippen LogP contribution in [-0.4, -0.2) is 48.2 Å². The summed E-state index contributed by atoms with van der Waals surface area (Å²) < 4.78 is 32.2. The highest BCUT2D eigenvalue weighted by molar-refractivity contribution is 7.98. The highest BCUT2D eigenvalue weighted by Gasteiger charge is 2.27. The lowest BCUT2D eigenvalue weighted by Crippen LogP contribution is -2.27.